The lowest BCUT2D eigenvalue weighted by molar-refractivity contribution is 0.0791. The van der Waals surface area contributed by atoms with Crippen LogP contribution >= 0.6 is 0 Å². The summed E-state index contributed by atoms with van der Waals surface area (Å²) in [6.07, 6.45) is 3.53. The molecule has 2 N–H and O–H groups in total. The van der Waals surface area contributed by atoms with Crippen LogP contribution in [0.3, 0.4) is 0 Å². The first-order valence-corrected chi connectivity index (χ1v) is 10.1. The lowest BCUT2D eigenvalue weighted by Gasteiger charge is -2.17. The minimum absolute atomic E-state index is 0.0912. The number of rotatable bonds is 4. The van der Waals surface area contributed by atoms with Gasteiger partial charge in [-0.15, -0.1) is 0 Å². The fraction of sp³-hybridized carbons (Fsp3) is 0.435. The third-order valence-corrected chi connectivity index (χ3v) is 5.72. The Morgan fingerprint density at radius 1 is 1.04 bits per heavy atom. The maximum Gasteiger partial charge on any atom is 0.253 e. The van der Waals surface area contributed by atoms with Crippen LogP contribution in [0.2, 0.25) is 0 Å². The molecule has 142 valence electrons. The van der Waals surface area contributed by atoms with Crippen LogP contribution in [0, 0.1) is 6.92 Å². The van der Waals surface area contributed by atoms with Gasteiger partial charge in [-0.1, -0.05) is 29.8 Å². The standard InChI is InChI=1S/C23H29N3O/c1-17-12-18(15-25-9-2-3-10-25)14-21(13-17)19-4-6-20(7-5-19)23(27)26-11-8-22(24)16-26/h4-7,12-14,22H,2-3,8-11,15-16,24H2,1H3/t22-/m0/s1. The summed E-state index contributed by atoms with van der Waals surface area (Å²) < 4.78 is 0. The molecule has 2 aromatic carbocycles. The van der Waals surface area contributed by atoms with Crippen molar-refractivity contribution in [2.75, 3.05) is 26.2 Å². The molecule has 0 spiro atoms. The molecular weight excluding hydrogens is 334 g/mol. The van der Waals surface area contributed by atoms with Gasteiger partial charge in [0.05, 0.1) is 0 Å². The number of nitrogens with two attached hydrogens (primary N) is 1. The molecule has 4 heteroatoms. The van der Waals surface area contributed by atoms with Crippen molar-refractivity contribution in [3.05, 3.63) is 59.2 Å². The molecule has 0 bridgehead atoms. The van der Waals surface area contributed by atoms with E-state index in [2.05, 4.69) is 42.2 Å². The number of benzene rings is 2. The van der Waals surface area contributed by atoms with E-state index in [0.29, 0.717) is 6.54 Å². The van der Waals surface area contributed by atoms with E-state index in [1.54, 1.807) is 0 Å². The number of carbonyl (C=O) groups excluding carboxylic acids is 1. The van der Waals surface area contributed by atoms with Gasteiger partial charge in [0.2, 0.25) is 0 Å². The molecular formula is C23H29N3O. The second-order valence-electron chi connectivity index (χ2n) is 8.07. The smallest absolute Gasteiger partial charge is 0.253 e. The van der Waals surface area contributed by atoms with Crippen LogP contribution in [0.15, 0.2) is 42.5 Å². The summed E-state index contributed by atoms with van der Waals surface area (Å²) in [4.78, 5) is 17.0. The van der Waals surface area contributed by atoms with Gasteiger partial charge >= 0.3 is 0 Å². The number of amides is 1. The Morgan fingerprint density at radius 2 is 1.78 bits per heavy atom. The molecule has 27 heavy (non-hydrogen) atoms. The van der Waals surface area contributed by atoms with Crippen molar-refractivity contribution in [1.29, 1.82) is 0 Å². The quantitative estimate of drug-likeness (QED) is 0.905. The zero-order valence-electron chi connectivity index (χ0n) is 16.2. The number of hydrogen-bond acceptors (Lipinski definition) is 3. The zero-order valence-corrected chi connectivity index (χ0v) is 16.2. The summed E-state index contributed by atoms with van der Waals surface area (Å²) in [6, 6.07) is 15.0. The van der Waals surface area contributed by atoms with Gasteiger partial charge in [-0.05, 0) is 74.2 Å². The topological polar surface area (TPSA) is 49.6 Å². The summed E-state index contributed by atoms with van der Waals surface area (Å²) >= 11 is 0. The van der Waals surface area contributed by atoms with Crippen molar-refractivity contribution in [3.63, 3.8) is 0 Å². The molecule has 1 amide bonds. The molecule has 0 saturated carbocycles. The van der Waals surface area contributed by atoms with Crippen molar-refractivity contribution in [1.82, 2.24) is 9.80 Å². The Hall–Kier alpha value is -2.17. The first-order valence-electron chi connectivity index (χ1n) is 10.1. The van der Waals surface area contributed by atoms with E-state index in [-0.39, 0.29) is 11.9 Å². The Morgan fingerprint density at radius 3 is 2.44 bits per heavy atom. The number of carbonyl (C=O) groups is 1. The SMILES string of the molecule is Cc1cc(CN2CCCC2)cc(-c2ccc(C(=O)N3CC[C@H](N)C3)cc2)c1. The average molecular weight is 364 g/mol. The highest BCUT2D eigenvalue weighted by atomic mass is 16.2. The summed E-state index contributed by atoms with van der Waals surface area (Å²) in [5, 5.41) is 0. The summed E-state index contributed by atoms with van der Waals surface area (Å²) in [5.74, 6) is 0.0912. The molecule has 2 fully saturated rings. The van der Waals surface area contributed by atoms with Gasteiger partial charge in [-0.25, -0.2) is 0 Å². The Bertz CT molecular complexity index is 809. The Labute approximate surface area is 162 Å². The van der Waals surface area contributed by atoms with Crippen LogP contribution in [-0.4, -0.2) is 47.9 Å². The van der Waals surface area contributed by atoms with Crippen LogP contribution in [0.5, 0.6) is 0 Å². The molecule has 0 aromatic heterocycles. The molecule has 0 radical (unpaired) electrons. The molecule has 2 aromatic rings. The van der Waals surface area contributed by atoms with Gasteiger partial charge in [0.1, 0.15) is 0 Å². The van der Waals surface area contributed by atoms with E-state index in [4.69, 9.17) is 5.73 Å². The second-order valence-corrected chi connectivity index (χ2v) is 8.07. The predicted octanol–water partition coefficient (Wildman–Crippen LogP) is 3.43. The minimum Gasteiger partial charge on any atom is -0.337 e. The number of nitrogens with zero attached hydrogens (tertiary/aromatic N) is 2. The lowest BCUT2D eigenvalue weighted by atomic mass is 9.99. The molecule has 4 rings (SSSR count). The van der Waals surface area contributed by atoms with Crippen LogP contribution < -0.4 is 5.73 Å². The van der Waals surface area contributed by atoms with Crippen molar-refractivity contribution in [2.24, 2.45) is 5.73 Å². The molecule has 2 aliphatic heterocycles. The van der Waals surface area contributed by atoms with Crippen LogP contribution in [0.25, 0.3) is 11.1 Å². The summed E-state index contributed by atoms with van der Waals surface area (Å²) in [6.45, 7) is 7.03. The molecule has 0 unspecified atom stereocenters. The van der Waals surface area contributed by atoms with E-state index >= 15 is 0 Å². The first-order chi connectivity index (χ1) is 13.1. The van der Waals surface area contributed by atoms with Crippen LogP contribution in [-0.2, 0) is 6.54 Å². The molecule has 2 aliphatic rings. The Balaban J connectivity index is 1.51. The zero-order chi connectivity index (χ0) is 18.8. The van der Waals surface area contributed by atoms with Crippen molar-refractivity contribution >= 4 is 5.91 Å². The highest BCUT2D eigenvalue weighted by Gasteiger charge is 2.24. The van der Waals surface area contributed by atoms with Crippen molar-refractivity contribution in [2.45, 2.75) is 38.8 Å². The minimum atomic E-state index is 0.0912. The molecule has 2 saturated heterocycles. The fourth-order valence-electron chi connectivity index (χ4n) is 4.28. The normalized spacial score (nSPS) is 20.4. The van der Waals surface area contributed by atoms with Gasteiger partial charge in [0.25, 0.3) is 5.91 Å². The van der Waals surface area contributed by atoms with Crippen LogP contribution in [0.1, 0.15) is 40.7 Å². The largest absolute Gasteiger partial charge is 0.337 e. The molecule has 4 nitrogen and oxygen atoms in total. The van der Waals surface area contributed by atoms with E-state index in [1.165, 1.54) is 42.6 Å². The maximum absolute atomic E-state index is 12.6. The molecule has 2 heterocycles. The van der Waals surface area contributed by atoms with Crippen molar-refractivity contribution < 1.29 is 4.79 Å². The number of aryl methyl sites for hydroxylation is 1. The Kier molecular flexibility index (Phi) is 5.28. The highest BCUT2D eigenvalue weighted by Crippen LogP contribution is 2.25. The van der Waals surface area contributed by atoms with Gasteiger partial charge in [-0.2, -0.15) is 0 Å². The number of likely N-dealkylation sites (tertiary alicyclic amines) is 2. The van der Waals surface area contributed by atoms with Gasteiger partial charge in [0, 0.05) is 31.2 Å². The number of hydrogen-bond donors (Lipinski definition) is 1. The average Bonchev–Trinajstić information content (AvgIpc) is 3.32. The van der Waals surface area contributed by atoms with E-state index in [9.17, 15) is 4.79 Å². The second kappa shape index (κ2) is 7.83. The van der Waals surface area contributed by atoms with Gasteiger partial charge < -0.3 is 10.6 Å². The monoisotopic (exact) mass is 363 g/mol. The van der Waals surface area contributed by atoms with Crippen LogP contribution in [0.4, 0.5) is 0 Å². The molecule has 0 aliphatic carbocycles. The lowest BCUT2D eigenvalue weighted by Crippen LogP contribution is -2.31. The van der Waals surface area contributed by atoms with Gasteiger partial charge in [0.15, 0.2) is 0 Å². The van der Waals surface area contributed by atoms with Gasteiger partial charge in [-0.3, -0.25) is 9.69 Å². The van der Waals surface area contributed by atoms with E-state index in [1.807, 2.05) is 17.0 Å². The third-order valence-electron chi connectivity index (χ3n) is 5.72. The first kappa shape index (κ1) is 18.2. The summed E-state index contributed by atoms with van der Waals surface area (Å²) in [7, 11) is 0. The van der Waals surface area contributed by atoms with E-state index < -0.39 is 0 Å². The molecule has 1 atom stereocenters. The highest BCUT2D eigenvalue weighted by molar-refractivity contribution is 5.95. The fourth-order valence-corrected chi connectivity index (χ4v) is 4.28. The maximum atomic E-state index is 12.6. The van der Waals surface area contributed by atoms with Crippen molar-refractivity contribution in [3.8, 4) is 11.1 Å². The third kappa shape index (κ3) is 4.23. The summed E-state index contributed by atoms with van der Waals surface area (Å²) in [5.41, 5.74) is 11.7. The predicted molar refractivity (Wildman–Crippen MR) is 110 cm³/mol. The van der Waals surface area contributed by atoms with E-state index in [0.717, 1.165) is 30.6 Å².